The molecule has 0 fully saturated rings. The number of carbonyl (C=O) groups is 5. The Morgan fingerprint density at radius 3 is 1.58 bits per heavy atom. The summed E-state index contributed by atoms with van der Waals surface area (Å²) in [5, 5.41) is 9.46. The van der Waals surface area contributed by atoms with Crippen LogP contribution in [0.2, 0.25) is 0 Å². The fraction of sp³-hybridized carbons (Fsp3) is 0.0811. The number of carbonyl (C=O) groups excluding carboxylic acids is 6. The van der Waals surface area contributed by atoms with Gasteiger partial charge in [0.05, 0.1) is 39.2 Å². The number of halogens is 3. The number of hydrogen-bond donors (Lipinski definition) is 1. The van der Waals surface area contributed by atoms with Crippen LogP contribution in [0.1, 0.15) is 81.0 Å². The third-order valence-corrected chi connectivity index (χ3v) is 8.36. The molecular formula is C37H19F3N2O8. The smallest absolute Gasteiger partial charge is 0.402 e. The number of fused-ring (bicyclic) bond motifs is 2. The van der Waals surface area contributed by atoms with Crippen molar-refractivity contribution in [3.63, 3.8) is 0 Å². The quantitative estimate of drug-likeness (QED) is 0.223. The number of rotatable bonds is 5. The Morgan fingerprint density at radius 2 is 1.12 bits per heavy atom. The maximum atomic E-state index is 15.1. The second-order valence-corrected chi connectivity index (χ2v) is 11.0. The van der Waals surface area contributed by atoms with Gasteiger partial charge in [-0.3, -0.25) is 19.2 Å². The van der Waals surface area contributed by atoms with Crippen molar-refractivity contribution in [2.75, 3.05) is 9.80 Å². The van der Waals surface area contributed by atoms with E-state index < -0.39 is 52.3 Å². The highest BCUT2D eigenvalue weighted by Crippen LogP contribution is 2.48. The summed E-state index contributed by atoms with van der Waals surface area (Å²) in [6, 6.07) is 15.8. The summed E-state index contributed by atoms with van der Waals surface area (Å²) in [4.78, 5) is 82.8. The van der Waals surface area contributed by atoms with Crippen LogP contribution in [0.15, 0.2) is 78.9 Å². The highest BCUT2D eigenvalue weighted by atomic mass is 19.4. The van der Waals surface area contributed by atoms with Gasteiger partial charge in [0, 0.05) is 11.1 Å². The number of carboxylic acid groups (broad SMARTS) is 1. The summed E-state index contributed by atoms with van der Waals surface area (Å²) in [7, 11) is 0. The van der Waals surface area contributed by atoms with Gasteiger partial charge in [0.15, 0.2) is 0 Å². The van der Waals surface area contributed by atoms with Gasteiger partial charge in [0.25, 0.3) is 23.6 Å². The molecule has 246 valence electrons. The summed E-state index contributed by atoms with van der Waals surface area (Å²) in [6.07, 6.45) is 6.10. The van der Waals surface area contributed by atoms with E-state index >= 15 is 13.2 Å². The van der Waals surface area contributed by atoms with E-state index in [9.17, 15) is 29.1 Å². The summed E-state index contributed by atoms with van der Waals surface area (Å²) in [5.74, 6) is -0.171. The third-order valence-electron chi connectivity index (χ3n) is 8.36. The predicted molar refractivity (Wildman–Crippen MR) is 168 cm³/mol. The Bertz CT molecular complexity index is 2310. The van der Waals surface area contributed by atoms with E-state index in [0.717, 1.165) is 54.3 Å². The van der Waals surface area contributed by atoms with Crippen LogP contribution in [0.3, 0.4) is 0 Å². The predicted octanol–water partition coefficient (Wildman–Crippen LogP) is 5.23. The Kier molecular flexibility index (Phi) is 8.57. The van der Waals surface area contributed by atoms with Crippen molar-refractivity contribution in [1.29, 1.82) is 0 Å². The first-order valence-electron chi connectivity index (χ1n) is 14.2. The van der Waals surface area contributed by atoms with Gasteiger partial charge >= 0.3 is 18.3 Å². The summed E-state index contributed by atoms with van der Waals surface area (Å²) >= 11 is 0. The summed E-state index contributed by atoms with van der Waals surface area (Å²) in [6.45, 7) is 0.862. The average molecular weight is 677 g/mol. The van der Waals surface area contributed by atoms with E-state index in [1.165, 1.54) is 30.3 Å². The Morgan fingerprint density at radius 1 is 0.660 bits per heavy atom. The maximum Gasteiger partial charge on any atom is 0.402 e. The van der Waals surface area contributed by atoms with Gasteiger partial charge in [-0.25, -0.2) is 14.6 Å². The fourth-order valence-electron chi connectivity index (χ4n) is 5.75. The molecule has 0 bridgehead atoms. The largest absolute Gasteiger partial charge is 0.478 e. The number of imide groups is 2. The van der Waals surface area contributed by atoms with Gasteiger partial charge < -0.3 is 5.11 Å². The molecule has 10 nitrogen and oxygen atoms in total. The molecule has 4 aromatic rings. The highest BCUT2D eigenvalue weighted by molar-refractivity contribution is 6.35. The van der Waals surface area contributed by atoms with Crippen molar-refractivity contribution in [3.05, 3.63) is 129 Å². The number of terminal acetylenes is 2. The molecule has 6 rings (SSSR count). The van der Waals surface area contributed by atoms with Crippen molar-refractivity contribution in [1.82, 2.24) is 0 Å². The molecule has 1 atom stereocenters. The molecule has 4 aromatic carbocycles. The van der Waals surface area contributed by atoms with Crippen LogP contribution in [-0.4, -0.2) is 47.0 Å². The molecule has 2 aliphatic rings. The second kappa shape index (κ2) is 12.5. The molecular weight excluding hydrogens is 657 g/mol. The number of aromatic carboxylic acids is 1. The molecule has 0 saturated carbocycles. The topological polar surface area (TPSA) is 146 Å². The van der Waals surface area contributed by atoms with Crippen LogP contribution in [0, 0.1) is 24.7 Å². The number of nitrogens with zero attached hydrogens (tertiary/aromatic N) is 2. The zero-order valence-corrected chi connectivity index (χ0v) is 25.5. The molecule has 0 saturated heterocycles. The third kappa shape index (κ3) is 5.40. The lowest BCUT2D eigenvalue weighted by atomic mass is 9.74. The zero-order chi connectivity index (χ0) is 36.7. The molecule has 4 amide bonds. The average Bonchev–Trinajstić information content (AvgIpc) is 3.50. The lowest BCUT2D eigenvalue weighted by molar-refractivity contribution is -0.191. The minimum atomic E-state index is -5.00. The second-order valence-electron chi connectivity index (χ2n) is 11.0. The normalized spacial score (nSPS) is 14.4. The molecule has 0 aliphatic carbocycles. The van der Waals surface area contributed by atoms with Gasteiger partial charge in [0.1, 0.15) is 5.41 Å². The summed E-state index contributed by atoms with van der Waals surface area (Å²) < 4.78 is 45.2. The van der Waals surface area contributed by atoms with Gasteiger partial charge in [-0.2, -0.15) is 22.8 Å². The van der Waals surface area contributed by atoms with Crippen LogP contribution in [0.4, 0.5) is 24.5 Å². The van der Waals surface area contributed by atoms with Crippen LogP contribution < -0.4 is 9.80 Å². The summed E-state index contributed by atoms with van der Waals surface area (Å²) in [5.41, 5.74) is -4.42. The first kappa shape index (κ1) is 34.3. The molecule has 2 heterocycles. The fourth-order valence-corrected chi connectivity index (χ4v) is 5.75. The lowest BCUT2D eigenvalue weighted by Gasteiger charge is -2.33. The number of carboxylic acids is 1. The number of anilines is 2. The number of hydrogen-bond acceptors (Lipinski definition) is 7. The van der Waals surface area contributed by atoms with E-state index in [4.69, 9.17) is 22.4 Å². The van der Waals surface area contributed by atoms with Gasteiger partial charge in [-0.05, 0) is 78.7 Å². The molecule has 50 heavy (non-hydrogen) atoms. The lowest BCUT2D eigenvalue weighted by Crippen LogP contribution is -2.41. The van der Waals surface area contributed by atoms with E-state index in [2.05, 4.69) is 11.8 Å². The van der Waals surface area contributed by atoms with Crippen molar-refractivity contribution in [2.45, 2.75) is 18.5 Å². The Labute approximate surface area is 280 Å². The van der Waals surface area contributed by atoms with Gasteiger partial charge in [-0.1, -0.05) is 30.0 Å². The van der Waals surface area contributed by atoms with Crippen molar-refractivity contribution >= 4 is 47.1 Å². The van der Waals surface area contributed by atoms with Crippen molar-refractivity contribution in [3.8, 4) is 24.7 Å². The molecule has 0 aromatic heterocycles. The SMILES string of the molecule is C#Cc1cccc(N2C(=O)c3ccc(C(C)(c4ccc5c(c4)C(=O)N(c4cc(C#C)cc(C(=O)O)c4)C5=O)C(F)(F)F)cc3C2=O)c1.O=C=O. The molecule has 0 radical (unpaired) electrons. The van der Waals surface area contributed by atoms with Gasteiger partial charge in [0.2, 0.25) is 0 Å². The number of alkyl halides is 3. The first-order valence-corrected chi connectivity index (χ1v) is 14.2. The van der Waals surface area contributed by atoms with Crippen LogP contribution in [0.25, 0.3) is 0 Å². The van der Waals surface area contributed by atoms with Crippen LogP contribution in [-0.2, 0) is 15.0 Å². The van der Waals surface area contributed by atoms with Crippen molar-refractivity contribution < 1.29 is 51.8 Å². The Balaban J connectivity index is 0.00000156. The van der Waals surface area contributed by atoms with Crippen LogP contribution in [0.5, 0.6) is 0 Å². The highest BCUT2D eigenvalue weighted by Gasteiger charge is 2.55. The first-order chi connectivity index (χ1) is 23.6. The zero-order valence-electron chi connectivity index (χ0n) is 25.5. The van der Waals surface area contributed by atoms with Gasteiger partial charge in [-0.15, -0.1) is 12.8 Å². The Hall–Kier alpha value is -7.08. The van der Waals surface area contributed by atoms with E-state index in [1.807, 2.05) is 0 Å². The molecule has 13 heteroatoms. The van der Waals surface area contributed by atoms with E-state index in [-0.39, 0.29) is 50.9 Å². The number of amides is 4. The molecule has 1 N–H and O–H groups in total. The van der Waals surface area contributed by atoms with E-state index in [0.29, 0.717) is 10.5 Å². The van der Waals surface area contributed by atoms with Crippen LogP contribution >= 0.6 is 0 Å². The van der Waals surface area contributed by atoms with E-state index in [1.54, 1.807) is 6.07 Å². The maximum absolute atomic E-state index is 15.1. The van der Waals surface area contributed by atoms with Crippen molar-refractivity contribution in [2.24, 2.45) is 0 Å². The molecule has 1 unspecified atom stereocenters. The minimum absolute atomic E-state index is 0.0637. The minimum Gasteiger partial charge on any atom is -0.478 e. The number of benzene rings is 4. The molecule has 0 spiro atoms. The molecule has 2 aliphatic heterocycles. The monoisotopic (exact) mass is 676 g/mol. The standard InChI is InChI=1S/C36H19F3N2O6.CO2/c1-4-19-7-6-8-24(14-19)40-30(42)26-11-9-22(17-28(26)32(40)44)35(3,36(37,38)39)23-10-12-27-29(18-23)33(45)41(31(27)43)25-15-20(5-2)13-21(16-25)34(46)47;2-1-3/h1-2,6-18H,3H3,(H,46,47);.